The number of hydrogen-bond acceptors (Lipinski definition) is 3. The van der Waals surface area contributed by atoms with Gasteiger partial charge in [0.1, 0.15) is 0 Å². The second-order valence-corrected chi connectivity index (χ2v) is 5.08. The predicted molar refractivity (Wildman–Crippen MR) is 65.1 cm³/mol. The van der Waals surface area contributed by atoms with Crippen molar-refractivity contribution < 1.29 is 9.47 Å². The predicted octanol–water partition coefficient (Wildman–Crippen LogP) is 2.64. The molecular weight excluding hydrogens is 270 g/mol. The van der Waals surface area contributed by atoms with Gasteiger partial charge in [-0.25, -0.2) is 0 Å². The summed E-state index contributed by atoms with van der Waals surface area (Å²) in [7, 11) is 0. The molecule has 0 atom stereocenters. The quantitative estimate of drug-likeness (QED) is 0.860. The van der Waals surface area contributed by atoms with E-state index in [1.54, 1.807) is 0 Å². The Kier molecular flexibility index (Phi) is 2.77. The Balaban J connectivity index is 1.98. The van der Waals surface area contributed by atoms with Crippen LogP contribution in [0.5, 0.6) is 11.5 Å². The zero-order chi connectivity index (χ0) is 11.0. The normalized spacial score (nSPS) is 20.1. The number of hydrogen-bond donors (Lipinski definition) is 1. The number of nitrogens with one attached hydrogen (secondary N) is 1. The lowest BCUT2D eigenvalue weighted by atomic mass is 9.89. The third-order valence-electron chi connectivity index (χ3n) is 3.28. The van der Waals surface area contributed by atoms with Crippen molar-refractivity contribution in [2.45, 2.75) is 18.8 Å². The van der Waals surface area contributed by atoms with Crippen molar-refractivity contribution >= 4 is 15.9 Å². The van der Waals surface area contributed by atoms with Gasteiger partial charge < -0.3 is 14.8 Å². The van der Waals surface area contributed by atoms with Gasteiger partial charge in [-0.15, -0.1) is 0 Å². The van der Waals surface area contributed by atoms with Gasteiger partial charge in [-0.2, -0.15) is 0 Å². The van der Waals surface area contributed by atoms with E-state index >= 15 is 0 Å². The van der Waals surface area contributed by atoms with Crippen LogP contribution >= 0.6 is 15.9 Å². The third kappa shape index (κ3) is 1.70. The Morgan fingerprint density at radius 3 is 2.69 bits per heavy atom. The van der Waals surface area contributed by atoms with Crippen molar-refractivity contribution in [3.05, 3.63) is 22.2 Å². The second kappa shape index (κ2) is 4.26. The van der Waals surface area contributed by atoms with E-state index in [4.69, 9.17) is 9.47 Å². The van der Waals surface area contributed by atoms with Gasteiger partial charge in [0.05, 0.1) is 4.47 Å². The Labute approximate surface area is 103 Å². The molecule has 0 amide bonds. The minimum Gasteiger partial charge on any atom is -0.453 e. The molecular formula is C12H14BrNO2. The molecule has 0 saturated carbocycles. The summed E-state index contributed by atoms with van der Waals surface area (Å²) in [5.41, 5.74) is 1.30. The highest BCUT2D eigenvalue weighted by atomic mass is 79.9. The number of piperidine rings is 1. The van der Waals surface area contributed by atoms with Gasteiger partial charge in [0.2, 0.25) is 6.79 Å². The van der Waals surface area contributed by atoms with E-state index in [0.717, 1.165) is 29.1 Å². The molecule has 1 aromatic carbocycles. The van der Waals surface area contributed by atoms with Gasteiger partial charge in [0.25, 0.3) is 0 Å². The standard InChI is InChI=1S/C12H14BrNO2/c13-10-2-1-9(8-3-5-14-6-4-8)11-12(10)16-7-15-11/h1-2,8,14H,3-7H2. The summed E-state index contributed by atoms with van der Waals surface area (Å²) in [5.74, 6) is 2.42. The number of fused-ring (bicyclic) bond motifs is 1. The molecule has 2 heterocycles. The fraction of sp³-hybridized carbons (Fsp3) is 0.500. The molecule has 1 N–H and O–H groups in total. The van der Waals surface area contributed by atoms with Crippen LogP contribution in [0.3, 0.4) is 0 Å². The molecule has 1 aromatic rings. The Hall–Kier alpha value is -0.740. The Bertz CT molecular complexity index is 402. The molecule has 0 spiro atoms. The minimum absolute atomic E-state index is 0.343. The van der Waals surface area contributed by atoms with E-state index in [9.17, 15) is 0 Å². The maximum Gasteiger partial charge on any atom is 0.231 e. The van der Waals surface area contributed by atoms with Crippen LogP contribution in [-0.2, 0) is 0 Å². The molecule has 2 aliphatic heterocycles. The van der Waals surface area contributed by atoms with Crippen molar-refractivity contribution in [3.8, 4) is 11.5 Å². The summed E-state index contributed by atoms with van der Waals surface area (Å²) in [6.07, 6.45) is 2.36. The average Bonchev–Trinajstić information content (AvgIpc) is 2.81. The first-order valence-corrected chi connectivity index (χ1v) is 6.44. The van der Waals surface area contributed by atoms with E-state index in [0.29, 0.717) is 12.7 Å². The maximum atomic E-state index is 5.59. The smallest absolute Gasteiger partial charge is 0.231 e. The van der Waals surface area contributed by atoms with Crippen molar-refractivity contribution in [1.29, 1.82) is 0 Å². The highest BCUT2D eigenvalue weighted by molar-refractivity contribution is 9.10. The minimum atomic E-state index is 0.343. The molecule has 0 bridgehead atoms. The van der Waals surface area contributed by atoms with Gasteiger partial charge >= 0.3 is 0 Å². The summed E-state index contributed by atoms with van der Waals surface area (Å²) >= 11 is 3.49. The zero-order valence-electron chi connectivity index (χ0n) is 8.96. The first kappa shape index (κ1) is 10.4. The molecule has 3 nitrogen and oxygen atoms in total. The fourth-order valence-corrected chi connectivity index (χ4v) is 2.87. The molecule has 4 heteroatoms. The summed E-state index contributed by atoms with van der Waals surface area (Å²) in [4.78, 5) is 0. The van der Waals surface area contributed by atoms with Gasteiger partial charge in [0.15, 0.2) is 11.5 Å². The lowest BCUT2D eigenvalue weighted by Crippen LogP contribution is -2.26. The van der Waals surface area contributed by atoms with Gasteiger partial charge in [0, 0.05) is 5.56 Å². The molecule has 0 unspecified atom stereocenters. The van der Waals surface area contributed by atoms with E-state index in [2.05, 4.69) is 33.4 Å². The molecule has 1 fully saturated rings. The molecule has 1 saturated heterocycles. The van der Waals surface area contributed by atoms with Crippen LogP contribution in [0.2, 0.25) is 0 Å². The Morgan fingerprint density at radius 2 is 1.88 bits per heavy atom. The summed E-state index contributed by atoms with van der Waals surface area (Å²) in [6.45, 7) is 2.53. The van der Waals surface area contributed by atoms with Crippen LogP contribution in [-0.4, -0.2) is 19.9 Å². The van der Waals surface area contributed by atoms with Crippen molar-refractivity contribution in [2.24, 2.45) is 0 Å². The van der Waals surface area contributed by atoms with Crippen LogP contribution in [0.25, 0.3) is 0 Å². The fourth-order valence-electron chi connectivity index (χ4n) is 2.44. The SMILES string of the molecule is Brc1ccc(C2CCNCC2)c2c1OCO2. The second-order valence-electron chi connectivity index (χ2n) is 4.23. The van der Waals surface area contributed by atoms with Crippen molar-refractivity contribution in [3.63, 3.8) is 0 Å². The van der Waals surface area contributed by atoms with Gasteiger partial charge in [-0.05, 0) is 53.8 Å². The van der Waals surface area contributed by atoms with Crippen molar-refractivity contribution in [2.75, 3.05) is 19.9 Å². The van der Waals surface area contributed by atoms with E-state index in [-0.39, 0.29) is 0 Å². The lowest BCUT2D eigenvalue weighted by Gasteiger charge is -2.24. The molecule has 0 aromatic heterocycles. The number of benzene rings is 1. The number of ether oxygens (including phenoxy) is 2. The Morgan fingerprint density at radius 1 is 1.12 bits per heavy atom. The first-order valence-electron chi connectivity index (χ1n) is 5.65. The monoisotopic (exact) mass is 283 g/mol. The van der Waals surface area contributed by atoms with Crippen LogP contribution in [0, 0.1) is 0 Å². The van der Waals surface area contributed by atoms with Crippen LogP contribution in [0.15, 0.2) is 16.6 Å². The highest BCUT2D eigenvalue weighted by Gasteiger charge is 2.26. The topological polar surface area (TPSA) is 30.5 Å². The maximum absolute atomic E-state index is 5.59. The summed E-state index contributed by atoms with van der Waals surface area (Å²) in [5, 5.41) is 3.38. The number of rotatable bonds is 1. The van der Waals surface area contributed by atoms with Crippen molar-refractivity contribution in [1.82, 2.24) is 5.32 Å². The molecule has 2 aliphatic rings. The summed E-state index contributed by atoms with van der Waals surface area (Å²) < 4.78 is 12.1. The van der Waals surface area contributed by atoms with Gasteiger partial charge in [-0.3, -0.25) is 0 Å². The zero-order valence-corrected chi connectivity index (χ0v) is 10.5. The van der Waals surface area contributed by atoms with E-state index < -0.39 is 0 Å². The molecule has 3 rings (SSSR count). The molecule has 0 radical (unpaired) electrons. The average molecular weight is 284 g/mol. The van der Waals surface area contributed by atoms with Gasteiger partial charge in [-0.1, -0.05) is 6.07 Å². The molecule has 86 valence electrons. The van der Waals surface area contributed by atoms with Crippen LogP contribution in [0.4, 0.5) is 0 Å². The molecule has 0 aliphatic carbocycles. The summed E-state index contributed by atoms with van der Waals surface area (Å²) in [6, 6.07) is 4.22. The molecule has 16 heavy (non-hydrogen) atoms. The van der Waals surface area contributed by atoms with Crippen LogP contribution in [0.1, 0.15) is 24.3 Å². The van der Waals surface area contributed by atoms with Crippen LogP contribution < -0.4 is 14.8 Å². The third-order valence-corrected chi connectivity index (χ3v) is 3.90. The lowest BCUT2D eigenvalue weighted by molar-refractivity contribution is 0.172. The number of halogens is 1. The largest absolute Gasteiger partial charge is 0.453 e. The first-order chi connectivity index (χ1) is 7.86. The highest BCUT2D eigenvalue weighted by Crippen LogP contribution is 2.45. The van der Waals surface area contributed by atoms with E-state index in [1.807, 2.05) is 0 Å². The van der Waals surface area contributed by atoms with E-state index in [1.165, 1.54) is 18.4 Å².